The summed E-state index contributed by atoms with van der Waals surface area (Å²) in [6, 6.07) is 12.4. The zero-order chi connectivity index (χ0) is 17.0. The molecule has 1 aromatic heterocycles. The van der Waals surface area contributed by atoms with E-state index >= 15 is 0 Å². The van der Waals surface area contributed by atoms with Crippen LogP contribution >= 0.6 is 11.3 Å². The number of sulfonamides is 1. The van der Waals surface area contributed by atoms with Crippen molar-refractivity contribution >= 4 is 32.0 Å². The van der Waals surface area contributed by atoms with E-state index in [0.717, 1.165) is 11.3 Å². The first kappa shape index (κ1) is 18.0. The average Bonchev–Trinajstić information content (AvgIpc) is 3.06. The Morgan fingerprint density at radius 3 is 2.30 bits per heavy atom. The molecule has 0 amide bonds. The Hall–Kier alpha value is -1.37. The van der Waals surface area contributed by atoms with E-state index in [2.05, 4.69) is 45.3 Å². The standard InChI is InChI=1S/C17H24N2O2S2/c1-13(2)23(20,21)18-12-14(3)15-7-9-16(10-8-15)19(4)17-6-5-11-22-17/h5-11,13-14,18H,12H2,1-4H3. The highest BCUT2D eigenvalue weighted by molar-refractivity contribution is 7.90. The third kappa shape index (κ3) is 4.56. The number of benzene rings is 1. The lowest BCUT2D eigenvalue weighted by Gasteiger charge is -2.19. The predicted molar refractivity (Wildman–Crippen MR) is 99.3 cm³/mol. The highest BCUT2D eigenvalue weighted by Gasteiger charge is 2.17. The van der Waals surface area contributed by atoms with E-state index in [1.807, 2.05) is 20.0 Å². The lowest BCUT2D eigenvalue weighted by Crippen LogP contribution is -2.33. The van der Waals surface area contributed by atoms with Crippen LogP contribution in [0.15, 0.2) is 41.8 Å². The van der Waals surface area contributed by atoms with Gasteiger partial charge in [-0.15, -0.1) is 11.3 Å². The minimum absolute atomic E-state index is 0.129. The lowest BCUT2D eigenvalue weighted by molar-refractivity contribution is 0.566. The van der Waals surface area contributed by atoms with Gasteiger partial charge in [0.15, 0.2) is 0 Å². The molecule has 0 radical (unpaired) electrons. The molecule has 6 heteroatoms. The molecule has 0 bridgehead atoms. The van der Waals surface area contributed by atoms with Crippen LogP contribution in [0.4, 0.5) is 10.7 Å². The predicted octanol–water partition coefficient (Wildman–Crippen LogP) is 3.95. The van der Waals surface area contributed by atoms with Gasteiger partial charge in [-0.05, 0) is 55.0 Å². The van der Waals surface area contributed by atoms with Crippen molar-refractivity contribution in [1.29, 1.82) is 0 Å². The molecule has 1 atom stereocenters. The van der Waals surface area contributed by atoms with Crippen LogP contribution in [0.1, 0.15) is 32.3 Å². The van der Waals surface area contributed by atoms with Gasteiger partial charge in [0.1, 0.15) is 0 Å². The molecule has 0 aliphatic heterocycles. The third-order valence-corrected chi connectivity index (χ3v) is 6.65. The zero-order valence-corrected chi connectivity index (χ0v) is 15.6. The third-order valence-electron chi connectivity index (χ3n) is 3.90. The average molecular weight is 353 g/mol. The molecule has 126 valence electrons. The number of rotatable bonds is 7. The molecular weight excluding hydrogens is 328 g/mol. The van der Waals surface area contributed by atoms with E-state index < -0.39 is 15.3 Å². The summed E-state index contributed by atoms with van der Waals surface area (Å²) in [5, 5.41) is 2.84. The molecule has 0 saturated carbocycles. The molecule has 0 saturated heterocycles. The highest BCUT2D eigenvalue weighted by atomic mass is 32.2. The first-order chi connectivity index (χ1) is 10.8. The van der Waals surface area contributed by atoms with Crippen LogP contribution in [0.5, 0.6) is 0 Å². The van der Waals surface area contributed by atoms with Crippen molar-refractivity contribution in [2.75, 3.05) is 18.5 Å². The Morgan fingerprint density at radius 1 is 1.13 bits per heavy atom. The fraction of sp³-hybridized carbons (Fsp3) is 0.412. The zero-order valence-electron chi connectivity index (χ0n) is 14.0. The van der Waals surface area contributed by atoms with E-state index in [1.165, 1.54) is 5.00 Å². The van der Waals surface area contributed by atoms with Crippen LogP contribution in [0.3, 0.4) is 0 Å². The number of hydrogen-bond acceptors (Lipinski definition) is 4. The molecule has 1 heterocycles. The summed E-state index contributed by atoms with van der Waals surface area (Å²) < 4.78 is 26.3. The maximum absolute atomic E-state index is 11.8. The number of nitrogens with one attached hydrogen (secondary N) is 1. The highest BCUT2D eigenvalue weighted by Crippen LogP contribution is 2.28. The molecule has 0 spiro atoms. The number of thiophene rings is 1. The number of anilines is 2. The van der Waals surface area contributed by atoms with Gasteiger partial charge >= 0.3 is 0 Å². The smallest absolute Gasteiger partial charge is 0.213 e. The van der Waals surface area contributed by atoms with E-state index in [1.54, 1.807) is 25.2 Å². The molecule has 2 rings (SSSR count). The number of hydrogen-bond donors (Lipinski definition) is 1. The first-order valence-corrected chi connectivity index (χ1v) is 10.1. The minimum Gasteiger partial charge on any atom is -0.336 e. The Balaban J connectivity index is 2.02. The van der Waals surface area contributed by atoms with Crippen LogP contribution in [0.2, 0.25) is 0 Å². The second-order valence-electron chi connectivity index (χ2n) is 5.95. The molecule has 0 aliphatic rings. The summed E-state index contributed by atoms with van der Waals surface area (Å²) in [7, 11) is -1.17. The van der Waals surface area contributed by atoms with Gasteiger partial charge in [0.05, 0.1) is 10.3 Å². The molecule has 1 aromatic carbocycles. The second-order valence-corrected chi connectivity index (χ2v) is 9.19. The van der Waals surface area contributed by atoms with Gasteiger partial charge in [-0.3, -0.25) is 0 Å². The van der Waals surface area contributed by atoms with Crippen LogP contribution in [-0.4, -0.2) is 27.3 Å². The fourth-order valence-corrected chi connectivity index (χ4v) is 3.67. The Labute approximate surface area is 143 Å². The van der Waals surface area contributed by atoms with E-state index in [0.29, 0.717) is 6.54 Å². The maximum atomic E-state index is 11.8. The minimum atomic E-state index is -3.21. The lowest BCUT2D eigenvalue weighted by atomic mass is 10.0. The van der Waals surface area contributed by atoms with Crippen molar-refractivity contribution < 1.29 is 8.42 Å². The van der Waals surface area contributed by atoms with Crippen molar-refractivity contribution in [3.05, 3.63) is 47.3 Å². The number of nitrogens with zero attached hydrogens (tertiary/aromatic N) is 1. The summed E-state index contributed by atoms with van der Waals surface area (Å²) in [5.74, 6) is 0.129. The molecular formula is C17H24N2O2S2. The van der Waals surface area contributed by atoms with Crippen molar-refractivity contribution in [2.24, 2.45) is 0 Å². The van der Waals surface area contributed by atoms with Crippen molar-refractivity contribution in [3.8, 4) is 0 Å². The van der Waals surface area contributed by atoms with Gasteiger partial charge in [-0.25, -0.2) is 13.1 Å². The quantitative estimate of drug-likeness (QED) is 0.821. The van der Waals surface area contributed by atoms with Gasteiger partial charge in [0.2, 0.25) is 10.0 Å². The first-order valence-electron chi connectivity index (χ1n) is 7.67. The van der Waals surface area contributed by atoms with Crippen LogP contribution in [0.25, 0.3) is 0 Å². The van der Waals surface area contributed by atoms with Gasteiger partial charge in [0, 0.05) is 19.3 Å². The van der Waals surface area contributed by atoms with Crippen molar-refractivity contribution in [3.63, 3.8) is 0 Å². The van der Waals surface area contributed by atoms with Crippen molar-refractivity contribution in [2.45, 2.75) is 31.9 Å². The van der Waals surface area contributed by atoms with Crippen LogP contribution in [0, 0.1) is 0 Å². The summed E-state index contributed by atoms with van der Waals surface area (Å²) in [6.07, 6.45) is 0. The maximum Gasteiger partial charge on any atom is 0.213 e. The molecule has 0 fully saturated rings. The molecule has 1 unspecified atom stereocenters. The van der Waals surface area contributed by atoms with Crippen LogP contribution in [-0.2, 0) is 10.0 Å². The van der Waals surface area contributed by atoms with E-state index in [9.17, 15) is 8.42 Å². The molecule has 1 N–H and O–H groups in total. The topological polar surface area (TPSA) is 49.4 Å². The normalized spacial score (nSPS) is 13.3. The van der Waals surface area contributed by atoms with Crippen LogP contribution < -0.4 is 9.62 Å². The molecule has 4 nitrogen and oxygen atoms in total. The summed E-state index contributed by atoms with van der Waals surface area (Å²) in [6.45, 7) is 5.81. The Morgan fingerprint density at radius 2 is 1.78 bits per heavy atom. The molecule has 2 aromatic rings. The summed E-state index contributed by atoms with van der Waals surface area (Å²) in [4.78, 5) is 2.14. The van der Waals surface area contributed by atoms with E-state index in [-0.39, 0.29) is 5.92 Å². The Bertz CT molecular complexity index is 708. The Kier molecular flexibility index (Phi) is 5.84. The molecule has 0 aliphatic carbocycles. The summed E-state index contributed by atoms with van der Waals surface area (Å²) in [5.41, 5.74) is 2.24. The monoisotopic (exact) mass is 352 g/mol. The van der Waals surface area contributed by atoms with Gasteiger partial charge in [-0.1, -0.05) is 19.1 Å². The van der Waals surface area contributed by atoms with Gasteiger partial charge in [-0.2, -0.15) is 0 Å². The molecule has 23 heavy (non-hydrogen) atoms. The second kappa shape index (κ2) is 7.47. The largest absolute Gasteiger partial charge is 0.336 e. The SMILES string of the molecule is CC(CNS(=O)(=O)C(C)C)c1ccc(N(C)c2cccs2)cc1. The van der Waals surface area contributed by atoms with Crippen molar-refractivity contribution in [1.82, 2.24) is 4.72 Å². The fourth-order valence-electron chi connectivity index (χ4n) is 2.14. The summed E-state index contributed by atoms with van der Waals surface area (Å²) >= 11 is 1.70. The van der Waals surface area contributed by atoms with Gasteiger partial charge < -0.3 is 4.90 Å². The van der Waals surface area contributed by atoms with Gasteiger partial charge in [0.25, 0.3) is 0 Å². The van der Waals surface area contributed by atoms with E-state index in [4.69, 9.17) is 0 Å².